The number of aliphatic hydroxyl groups excluding tert-OH is 1. The average Bonchev–Trinajstić information content (AvgIpc) is 2.90. The zero-order chi connectivity index (χ0) is 17.6. The molecule has 0 atom stereocenters. The minimum absolute atomic E-state index is 0.202. The number of nitrogen functional groups attached to an aromatic ring is 1. The largest absolute Gasteiger partial charge is 0.393 e. The van der Waals surface area contributed by atoms with Crippen LogP contribution in [-0.4, -0.2) is 40.2 Å². The number of anilines is 2. The number of benzene rings is 1. The third kappa shape index (κ3) is 3.32. The first-order chi connectivity index (χ1) is 12.0. The van der Waals surface area contributed by atoms with Gasteiger partial charge in [0.1, 0.15) is 5.82 Å². The molecule has 1 aliphatic heterocycles. The maximum Gasteiger partial charge on any atom is 0.222 e. The van der Waals surface area contributed by atoms with Crippen molar-refractivity contribution in [3.63, 3.8) is 0 Å². The van der Waals surface area contributed by atoms with E-state index in [9.17, 15) is 5.11 Å². The first-order valence-corrected chi connectivity index (χ1v) is 8.81. The van der Waals surface area contributed by atoms with Crippen molar-refractivity contribution in [3.05, 3.63) is 46.6 Å². The molecule has 1 aromatic heterocycles. The van der Waals surface area contributed by atoms with Gasteiger partial charge >= 0.3 is 0 Å². The van der Waals surface area contributed by atoms with Crippen LogP contribution in [0.5, 0.6) is 0 Å². The van der Waals surface area contributed by atoms with E-state index >= 15 is 0 Å². The fourth-order valence-electron chi connectivity index (χ4n) is 3.78. The first-order valence-electron chi connectivity index (χ1n) is 8.81. The molecule has 0 spiro atoms. The molecular weight excluding hydrogens is 314 g/mol. The molecule has 25 heavy (non-hydrogen) atoms. The summed E-state index contributed by atoms with van der Waals surface area (Å²) in [7, 11) is 4.18. The summed E-state index contributed by atoms with van der Waals surface area (Å²) >= 11 is 0. The van der Waals surface area contributed by atoms with Crippen LogP contribution in [0.1, 0.15) is 41.1 Å². The van der Waals surface area contributed by atoms with Crippen molar-refractivity contribution >= 4 is 11.8 Å². The Morgan fingerprint density at radius 3 is 2.72 bits per heavy atom. The van der Waals surface area contributed by atoms with Crippen LogP contribution in [0.25, 0.3) is 0 Å². The smallest absolute Gasteiger partial charge is 0.222 e. The highest BCUT2D eigenvalue weighted by atomic mass is 16.3. The summed E-state index contributed by atoms with van der Waals surface area (Å²) in [6, 6.07) is 8.73. The molecule has 6 heteroatoms. The predicted molar refractivity (Wildman–Crippen MR) is 98.1 cm³/mol. The van der Waals surface area contributed by atoms with Crippen molar-refractivity contribution in [2.75, 3.05) is 24.7 Å². The summed E-state index contributed by atoms with van der Waals surface area (Å²) in [4.78, 5) is 13.2. The Morgan fingerprint density at radius 2 is 1.96 bits per heavy atom. The summed E-state index contributed by atoms with van der Waals surface area (Å²) in [5.74, 6) is 1.43. The molecule has 4 rings (SSSR count). The van der Waals surface area contributed by atoms with Gasteiger partial charge in [0.05, 0.1) is 11.8 Å². The number of aromatic nitrogens is 2. The Labute approximate surface area is 148 Å². The molecule has 0 radical (unpaired) electrons. The van der Waals surface area contributed by atoms with E-state index in [-0.39, 0.29) is 6.10 Å². The molecular formula is C19H25N5O. The van der Waals surface area contributed by atoms with Gasteiger partial charge in [0, 0.05) is 38.7 Å². The normalized spacial score (nSPS) is 22.5. The lowest BCUT2D eigenvalue weighted by atomic mass is 9.80. The van der Waals surface area contributed by atoms with Crippen LogP contribution in [0.3, 0.4) is 0 Å². The van der Waals surface area contributed by atoms with E-state index < -0.39 is 0 Å². The van der Waals surface area contributed by atoms with Gasteiger partial charge in [-0.1, -0.05) is 18.2 Å². The monoisotopic (exact) mass is 339 g/mol. The minimum Gasteiger partial charge on any atom is -0.393 e. The van der Waals surface area contributed by atoms with E-state index in [0.29, 0.717) is 11.9 Å². The fourth-order valence-corrected chi connectivity index (χ4v) is 3.78. The van der Waals surface area contributed by atoms with Gasteiger partial charge in [0.15, 0.2) is 0 Å². The van der Waals surface area contributed by atoms with E-state index in [4.69, 9.17) is 5.73 Å². The molecule has 0 unspecified atom stereocenters. The van der Waals surface area contributed by atoms with Crippen molar-refractivity contribution in [2.45, 2.75) is 44.5 Å². The van der Waals surface area contributed by atoms with E-state index in [1.165, 1.54) is 16.7 Å². The Balaban J connectivity index is 1.51. The zero-order valence-corrected chi connectivity index (χ0v) is 14.8. The van der Waals surface area contributed by atoms with E-state index in [0.717, 1.165) is 44.0 Å². The summed E-state index contributed by atoms with van der Waals surface area (Å²) in [5, 5.41) is 9.53. The molecule has 0 amide bonds. The van der Waals surface area contributed by atoms with E-state index in [2.05, 4.69) is 45.0 Å². The van der Waals surface area contributed by atoms with Crippen LogP contribution in [0.15, 0.2) is 24.3 Å². The van der Waals surface area contributed by atoms with Gasteiger partial charge in [-0.3, -0.25) is 4.90 Å². The number of aliphatic hydroxyl groups is 1. The fraction of sp³-hybridized carbons (Fsp3) is 0.474. The molecule has 1 saturated carbocycles. The van der Waals surface area contributed by atoms with Crippen LogP contribution < -0.4 is 10.6 Å². The van der Waals surface area contributed by atoms with Crippen LogP contribution in [0.4, 0.5) is 11.8 Å². The molecule has 0 bridgehead atoms. The van der Waals surface area contributed by atoms with E-state index in [1.54, 1.807) is 0 Å². The van der Waals surface area contributed by atoms with Gasteiger partial charge in [0.2, 0.25) is 5.95 Å². The van der Waals surface area contributed by atoms with Crippen molar-refractivity contribution in [1.82, 2.24) is 14.9 Å². The predicted octanol–water partition coefficient (Wildman–Crippen LogP) is 1.88. The highest BCUT2D eigenvalue weighted by Crippen LogP contribution is 2.37. The topological polar surface area (TPSA) is 78.5 Å². The van der Waals surface area contributed by atoms with Crippen LogP contribution in [-0.2, 0) is 19.6 Å². The second-order valence-electron chi connectivity index (χ2n) is 7.46. The number of nitrogens with two attached hydrogens (primary N) is 1. The third-order valence-electron chi connectivity index (χ3n) is 5.24. The summed E-state index contributed by atoms with van der Waals surface area (Å²) < 4.78 is 0. The third-order valence-corrected chi connectivity index (χ3v) is 5.24. The van der Waals surface area contributed by atoms with Gasteiger partial charge in [0.25, 0.3) is 0 Å². The van der Waals surface area contributed by atoms with Gasteiger partial charge in [-0.05, 0) is 36.6 Å². The van der Waals surface area contributed by atoms with Crippen LogP contribution in [0.2, 0.25) is 0 Å². The molecule has 2 heterocycles. The second-order valence-corrected chi connectivity index (χ2v) is 7.46. The number of hydrogen-bond donors (Lipinski definition) is 2. The SMILES string of the molecule is CN1Cc2ccc(CN(C)c3cc(C4CC(O)C4)nc(N)n3)cc2C1. The lowest BCUT2D eigenvalue weighted by Gasteiger charge is -2.31. The standard InChI is InChI=1S/C19H25N5O/c1-23-10-13-4-3-12(5-15(13)11-23)9-24(2)18-8-17(21-19(20)22-18)14-6-16(25)7-14/h3-5,8,14,16,25H,6-7,9-11H2,1-2H3,(H2,20,21,22). The van der Waals surface area contributed by atoms with Crippen molar-refractivity contribution in [1.29, 1.82) is 0 Å². The van der Waals surface area contributed by atoms with Gasteiger partial charge in [-0.25, -0.2) is 4.98 Å². The van der Waals surface area contributed by atoms with Gasteiger partial charge in [-0.2, -0.15) is 4.98 Å². The molecule has 6 nitrogen and oxygen atoms in total. The maximum absolute atomic E-state index is 9.53. The van der Waals surface area contributed by atoms with Crippen molar-refractivity contribution in [2.24, 2.45) is 0 Å². The maximum atomic E-state index is 9.53. The Bertz CT molecular complexity index is 787. The molecule has 1 aromatic carbocycles. The summed E-state index contributed by atoms with van der Waals surface area (Å²) in [6.07, 6.45) is 1.32. The Morgan fingerprint density at radius 1 is 1.20 bits per heavy atom. The molecule has 2 aromatic rings. The molecule has 0 saturated heterocycles. The lowest BCUT2D eigenvalue weighted by Crippen LogP contribution is -2.28. The molecule has 132 valence electrons. The number of fused-ring (bicyclic) bond motifs is 1. The number of nitrogens with zero attached hydrogens (tertiary/aromatic N) is 4. The summed E-state index contributed by atoms with van der Waals surface area (Å²) in [5.41, 5.74) is 11.0. The quantitative estimate of drug-likeness (QED) is 0.885. The second kappa shape index (κ2) is 6.28. The van der Waals surface area contributed by atoms with Crippen LogP contribution >= 0.6 is 0 Å². The Kier molecular flexibility index (Phi) is 4.09. The van der Waals surface area contributed by atoms with Gasteiger partial charge < -0.3 is 15.7 Å². The molecule has 1 fully saturated rings. The number of rotatable bonds is 4. The number of hydrogen-bond acceptors (Lipinski definition) is 6. The first kappa shape index (κ1) is 16.3. The zero-order valence-electron chi connectivity index (χ0n) is 14.8. The van der Waals surface area contributed by atoms with E-state index in [1.807, 2.05) is 13.1 Å². The summed E-state index contributed by atoms with van der Waals surface area (Å²) in [6.45, 7) is 2.83. The highest BCUT2D eigenvalue weighted by Gasteiger charge is 2.30. The van der Waals surface area contributed by atoms with Crippen molar-refractivity contribution in [3.8, 4) is 0 Å². The minimum atomic E-state index is -0.202. The Hall–Kier alpha value is -2.18. The average molecular weight is 339 g/mol. The molecule has 2 aliphatic rings. The van der Waals surface area contributed by atoms with Gasteiger partial charge in [-0.15, -0.1) is 0 Å². The van der Waals surface area contributed by atoms with Crippen LogP contribution in [0, 0.1) is 0 Å². The van der Waals surface area contributed by atoms with Crippen molar-refractivity contribution < 1.29 is 5.11 Å². The highest BCUT2D eigenvalue weighted by molar-refractivity contribution is 5.45. The lowest BCUT2D eigenvalue weighted by molar-refractivity contribution is 0.0732. The molecule has 3 N–H and O–H groups in total. The molecule has 1 aliphatic carbocycles.